The summed E-state index contributed by atoms with van der Waals surface area (Å²) in [7, 11) is 0. The van der Waals surface area contributed by atoms with Crippen molar-refractivity contribution in [2.24, 2.45) is 0 Å². The first-order valence-electron chi connectivity index (χ1n) is 9.04. The minimum atomic E-state index is -0.362. The van der Waals surface area contributed by atoms with Crippen molar-refractivity contribution in [3.8, 4) is 5.69 Å². The molecule has 28 heavy (non-hydrogen) atoms. The summed E-state index contributed by atoms with van der Waals surface area (Å²) in [5, 5.41) is 9.14. The summed E-state index contributed by atoms with van der Waals surface area (Å²) in [5.41, 5.74) is 3.55. The van der Waals surface area contributed by atoms with Crippen LogP contribution in [0.5, 0.6) is 0 Å². The Labute approximate surface area is 161 Å². The largest absolute Gasteiger partial charge is 0.392 e. The highest BCUT2D eigenvalue weighted by atomic mass is 19.1. The molecule has 5 nitrogen and oxygen atoms in total. The SMILES string of the molecule is O=C(c1ccc(CO)cc1)N1CCc2cc(=O)n(-c3ccc(F)cc3)cc2C1. The van der Waals surface area contributed by atoms with E-state index in [1.165, 1.54) is 16.7 Å². The number of aromatic nitrogens is 1. The first kappa shape index (κ1) is 18.1. The van der Waals surface area contributed by atoms with Gasteiger partial charge in [-0.3, -0.25) is 14.2 Å². The topological polar surface area (TPSA) is 62.5 Å². The third kappa shape index (κ3) is 3.46. The minimum absolute atomic E-state index is 0.0630. The predicted molar refractivity (Wildman–Crippen MR) is 103 cm³/mol. The number of rotatable bonds is 3. The van der Waals surface area contributed by atoms with E-state index in [9.17, 15) is 14.0 Å². The number of amides is 1. The summed E-state index contributed by atoms with van der Waals surface area (Å²) in [5.74, 6) is -0.451. The van der Waals surface area contributed by atoms with Gasteiger partial charge in [0.1, 0.15) is 5.82 Å². The molecule has 0 atom stereocenters. The molecule has 2 aromatic carbocycles. The van der Waals surface area contributed by atoms with Gasteiger partial charge in [-0.1, -0.05) is 12.1 Å². The standard InChI is InChI=1S/C22H19FN2O3/c23-19-5-7-20(8-6-19)25-13-18-12-24(10-9-17(18)11-21(25)27)22(28)16-3-1-15(14-26)2-4-16/h1-8,11,13,26H,9-10,12,14H2. The van der Waals surface area contributed by atoms with Crippen molar-refractivity contribution < 1.29 is 14.3 Å². The second kappa shape index (κ2) is 7.40. The quantitative estimate of drug-likeness (QED) is 0.762. The van der Waals surface area contributed by atoms with Gasteiger partial charge in [-0.25, -0.2) is 4.39 Å². The fourth-order valence-corrected chi connectivity index (χ4v) is 3.44. The summed E-state index contributed by atoms with van der Waals surface area (Å²) >= 11 is 0. The Bertz CT molecular complexity index is 1070. The van der Waals surface area contributed by atoms with Gasteiger partial charge in [-0.15, -0.1) is 0 Å². The number of hydrogen-bond donors (Lipinski definition) is 1. The van der Waals surface area contributed by atoms with Crippen LogP contribution in [0, 0.1) is 5.82 Å². The molecule has 0 saturated heterocycles. The summed E-state index contributed by atoms with van der Waals surface area (Å²) in [6.45, 7) is 0.872. The van der Waals surface area contributed by atoms with Gasteiger partial charge >= 0.3 is 0 Å². The van der Waals surface area contributed by atoms with Crippen molar-refractivity contribution in [1.29, 1.82) is 0 Å². The van der Waals surface area contributed by atoms with Crippen LogP contribution in [-0.2, 0) is 19.6 Å². The zero-order chi connectivity index (χ0) is 19.7. The first-order chi connectivity index (χ1) is 13.5. The molecule has 0 aliphatic carbocycles. The van der Waals surface area contributed by atoms with E-state index in [-0.39, 0.29) is 23.9 Å². The van der Waals surface area contributed by atoms with Crippen LogP contribution in [0.15, 0.2) is 65.6 Å². The number of fused-ring (bicyclic) bond motifs is 1. The number of hydrogen-bond acceptors (Lipinski definition) is 3. The van der Waals surface area contributed by atoms with Gasteiger partial charge in [-0.2, -0.15) is 0 Å². The van der Waals surface area contributed by atoms with Crippen molar-refractivity contribution in [2.75, 3.05) is 6.54 Å². The molecule has 1 N–H and O–H groups in total. The average molecular weight is 378 g/mol. The predicted octanol–water partition coefficient (Wildman–Crippen LogP) is 2.67. The Morgan fingerprint density at radius 1 is 1.04 bits per heavy atom. The minimum Gasteiger partial charge on any atom is -0.392 e. The monoisotopic (exact) mass is 378 g/mol. The smallest absolute Gasteiger partial charge is 0.255 e. The number of aliphatic hydroxyl groups is 1. The van der Waals surface area contributed by atoms with Crippen molar-refractivity contribution in [3.05, 3.63) is 99.2 Å². The molecular weight excluding hydrogens is 359 g/mol. The molecule has 1 aliphatic heterocycles. The summed E-state index contributed by atoms with van der Waals surface area (Å²) in [6.07, 6.45) is 2.34. The van der Waals surface area contributed by atoms with E-state index in [0.717, 1.165) is 16.7 Å². The van der Waals surface area contributed by atoms with Gasteiger partial charge < -0.3 is 10.0 Å². The number of nitrogens with zero attached hydrogens (tertiary/aromatic N) is 2. The van der Waals surface area contributed by atoms with Crippen LogP contribution in [0.1, 0.15) is 27.0 Å². The average Bonchev–Trinajstić information content (AvgIpc) is 2.73. The Morgan fingerprint density at radius 2 is 1.75 bits per heavy atom. The zero-order valence-corrected chi connectivity index (χ0v) is 15.1. The fourth-order valence-electron chi connectivity index (χ4n) is 3.44. The van der Waals surface area contributed by atoms with Gasteiger partial charge in [-0.05, 0) is 59.5 Å². The van der Waals surface area contributed by atoms with Crippen molar-refractivity contribution in [3.63, 3.8) is 0 Å². The molecule has 6 heteroatoms. The molecule has 0 bridgehead atoms. The lowest BCUT2D eigenvalue weighted by molar-refractivity contribution is 0.0734. The molecule has 0 radical (unpaired) electrons. The highest BCUT2D eigenvalue weighted by Crippen LogP contribution is 2.21. The molecule has 4 rings (SSSR count). The first-order valence-corrected chi connectivity index (χ1v) is 9.04. The Balaban J connectivity index is 1.62. The van der Waals surface area contributed by atoms with Crippen molar-refractivity contribution in [2.45, 2.75) is 19.6 Å². The Morgan fingerprint density at radius 3 is 2.43 bits per heavy atom. The lowest BCUT2D eigenvalue weighted by atomic mass is 10.0. The molecule has 0 unspecified atom stereocenters. The van der Waals surface area contributed by atoms with E-state index in [4.69, 9.17) is 5.11 Å². The number of pyridine rings is 1. The van der Waals surface area contributed by atoms with Gasteiger partial charge in [0.15, 0.2) is 0 Å². The number of benzene rings is 2. The third-order valence-corrected chi connectivity index (χ3v) is 5.02. The number of carbonyl (C=O) groups excluding carboxylic acids is 1. The van der Waals surface area contributed by atoms with Crippen LogP contribution < -0.4 is 5.56 Å². The van der Waals surface area contributed by atoms with Crippen LogP contribution in [0.25, 0.3) is 5.69 Å². The maximum Gasteiger partial charge on any atom is 0.255 e. The second-order valence-corrected chi connectivity index (χ2v) is 6.84. The Hall–Kier alpha value is -3.25. The van der Waals surface area contributed by atoms with Crippen LogP contribution in [0.2, 0.25) is 0 Å². The number of carbonyl (C=O) groups is 1. The highest BCUT2D eigenvalue weighted by molar-refractivity contribution is 5.94. The van der Waals surface area contributed by atoms with E-state index in [1.807, 2.05) is 0 Å². The molecule has 0 saturated carbocycles. The normalized spacial score (nSPS) is 13.3. The van der Waals surface area contributed by atoms with Gasteiger partial charge in [0.25, 0.3) is 11.5 Å². The molecule has 1 aliphatic rings. The van der Waals surface area contributed by atoms with Crippen LogP contribution in [0.3, 0.4) is 0 Å². The molecule has 1 amide bonds. The molecule has 1 aromatic heterocycles. The maximum absolute atomic E-state index is 13.2. The molecule has 3 aromatic rings. The number of halogens is 1. The van der Waals surface area contributed by atoms with Gasteiger partial charge in [0.05, 0.1) is 6.61 Å². The third-order valence-electron chi connectivity index (χ3n) is 5.02. The molecule has 0 spiro atoms. The van der Waals surface area contributed by atoms with Gasteiger partial charge in [0.2, 0.25) is 0 Å². The summed E-state index contributed by atoms with van der Waals surface area (Å²) in [6, 6.07) is 14.2. The van der Waals surface area contributed by atoms with Crippen LogP contribution in [0.4, 0.5) is 4.39 Å². The molecule has 0 fully saturated rings. The van der Waals surface area contributed by atoms with Crippen molar-refractivity contribution in [1.82, 2.24) is 9.47 Å². The van der Waals surface area contributed by atoms with Crippen molar-refractivity contribution >= 4 is 5.91 Å². The highest BCUT2D eigenvalue weighted by Gasteiger charge is 2.23. The van der Waals surface area contributed by atoms with E-state index in [0.29, 0.717) is 30.8 Å². The van der Waals surface area contributed by atoms with Gasteiger partial charge in [0, 0.05) is 36.6 Å². The van der Waals surface area contributed by atoms with E-state index in [1.54, 1.807) is 53.6 Å². The molecule has 142 valence electrons. The zero-order valence-electron chi connectivity index (χ0n) is 15.1. The lowest BCUT2D eigenvalue weighted by Gasteiger charge is -2.29. The second-order valence-electron chi connectivity index (χ2n) is 6.84. The number of aliphatic hydroxyl groups excluding tert-OH is 1. The fraction of sp³-hybridized carbons (Fsp3) is 0.182. The van der Waals surface area contributed by atoms with E-state index < -0.39 is 0 Å². The van der Waals surface area contributed by atoms with Crippen LogP contribution in [-0.4, -0.2) is 27.0 Å². The molecular formula is C22H19FN2O3. The summed E-state index contributed by atoms with van der Waals surface area (Å²) < 4.78 is 14.7. The van der Waals surface area contributed by atoms with Crippen LogP contribution >= 0.6 is 0 Å². The van der Waals surface area contributed by atoms with E-state index in [2.05, 4.69) is 0 Å². The maximum atomic E-state index is 13.2. The Kier molecular flexibility index (Phi) is 4.79. The lowest BCUT2D eigenvalue weighted by Crippen LogP contribution is -2.37. The molecule has 2 heterocycles. The van der Waals surface area contributed by atoms with E-state index >= 15 is 0 Å². The summed E-state index contributed by atoms with van der Waals surface area (Å²) in [4.78, 5) is 27.0.